The Balaban J connectivity index is 2.58. The predicted molar refractivity (Wildman–Crippen MR) is 52.4 cm³/mol. The Hall–Kier alpha value is -0.450. The molecule has 0 bridgehead atoms. The lowest BCUT2D eigenvalue weighted by molar-refractivity contribution is 0.561. The van der Waals surface area contributed by atoms with Crippen LogP contribution in [0.5, 0.6) is 0 Å². The maximum Gasteiger partial charge on any atom is 0.0420 e. The number of nitrogens with two attached hydrogens (primary N) is 1. The van der Waals surface area contributed by atoms with Crippen LogP contribution in [0.4, 0.5) is 0 Å². The third kappa shape index (κ3) is 2.89. The molecule has 3 nitrogen and oxygen atoms in total. The number of hydrogen-bond acceptors (Lipinski definition) is 3. The van der Waals surface area contributed by atoms with Crippen molar-refractivity contribution in [1.82, 2.24) is 10.4 Å². The molecular weight excluding hydrogens is 218 g/mol. The van der Waals surface area contributed by atoms with Crippen LogP contribution < -0.4 is 11.3 Å². The van der Waals surface area contributed by atoms with E-state index in [2.05, 4.69) is 26.3 Å². The van der Waals surface area contributed by atoms with E-state index < -0.39 is 0 Å². The summed E-state index contributed by atoms with van der Waals surface area (Å²) in [6.45, 7) is 2.02. The molecule has 0 spiro atoms. The summed E-state index contributed by atoms with van der Waals surface area (Å²) < 4.78 is 1.000. The fourth-order valence-corrected chi connectivity index (χ4v) is 1.13. The summed E-state index contributed by atoms with van der Waals surface area (Å²) in [5.74, 6) is 5.26. The highest BCUT2D eigenvalue weighted by molar-refractivity contribution is 9.10. The van der Waals surface area contributed by atoms with Crippen LogP contribution in [0.25, 0.3) is 0 Å². The third-order valence-electron chi connectivity index (χ3n) is 1.59. The molecule has 1 heterocycles. The number of nitrogens with one attached hydrogen (secondary N) is 1. The molecule has 0 aromatic carbocycles. The van der Waals surface area contributed by atoms with E-state index in [0.29, 0.717) is 0 Å². The van der Waals surface area contributed by atoms with Gasteiger partial charge in [-0.05, 0) is 35.0 Å². The summed E-state index contributed by atoms with van der Waals surface area (Å²) in [7, 11) is 0. The molecule has 1 atom stereocenters. The van der Waals surface area contributed by atoms with Gasteiger partial charge in [0, 0.05) is 28.8 Å². The molecule has 0 fully saturated rings. The molecule has 0 amide bonds. The Morgan fingerprint density at radius 1 is 1.67 bits per heavy atom. The van der Waals surface area contributed by atoms with Crippen molar-refractivity contribution in [2.24, 2.45) is 5.84 Å². The summed E-state index contributed by atoms with van der Waals surface area (Å²) in [6, 6.07) is 4.22. The van der Waals surface area contributed by atoms with Gasteiger partial charge in [-0.3, -0.25) is 16.3 Å². The second-order valence-corrected chi connectivity index (χ2v) is 3.66. The Morgan fingerprint density at radius 3 is 2.92 bits per heavy atom. The number of pyridine rings is 1. The zero-order chi connectivity index (χ0) is 8.97. The second-order valence-electron chi connectivity index (χ2n) is 2.74. The van der Waals surface area contributed by atoms with E-state index in [1.807, 2.05) is 19.1 Å². The van der Waals surface area contributed by atoms with E-state index >= 15 is 0 Å². The van der Waals surface area contributed by atoms with Crippen LogP contribution in [0.2, 0.25) is 0 Å². The number of hydrogen-bond donors (Lipinski definition) is 2. The quantitative estimate of drug-likeness (QED) is 0.606. The molecule has 0 aliphatic carbocycles. The lowest BCUT2D eigenvalue weighted by Gasteiger charge is -2.08. The van der Waals surface area contributed by atoms with E-state index in [4.69, 9.17) is 5.84 Å². The van der Waals surface area contributed by atoms with Gasteiger partial charge in [-0.2, -0.15) is 0 Å². The van der Waals surface area contributed by atoms with E-state index in [9.17, 15) is 0 Å². The van der Waals surface area contributed by atoms with Gasteiger partial charge in [0.1, 0.15) is 0 Å². The highest BCUT2D eigenvalue weighted by atomic mass is 79.9. The Morgan fingerprint density at radius 2 is 2.42 bits per heavy atom. The van der Waals surface area contributed by atoms with Crippen molar-refractivity contribution in [2.75, 3.05) is 0 Å². The van der Waals surface area contributed by atoms with E-state index in [1.54, 1.807) is 6.20 Å². The lowest BCUT2D eigenvalue weighted by Crippen LogP contribution is -2.34. The van der Waals surface area contributed by atoms with Gasteiger partial charge in [-0.1, -0.05) is 0 Å². The molecule has 1 unspecified atom stereocenters. The average Bonchev–Trinajstić information content (AvgIpc) is 2.09. The van der Waals surface area contributed by atoms with Crippen LogP contribution in [-0.2, 0) is 6.42 Å². The van der Waals surface area contributed by atoms with Crippen molar-refractivity contribution < 1.29 is 0 Å². The lowest BCUT2D eigenvalue weighted by atomic mass is 10.2. The Bertz CT molecular complexity index is 235. The molecule has 0 aliphatic heterocycles. The fourth-order valence-electron chi connectivity index (χ4n) is 0.900. The zero-order valence-electron chi connectivity index (χ0n) is 6.92. The maximum atomic E-state index is 5.26. The third-order valence-corrected chi connectivity index (χ3v) is 2.06. The molecule has 1 aromatic rings. The van der Waals surface area contributed by atoms with Crippen LogP contribution in [0.15, 0.2) is 22.8 Å². The summed E-state index contributed by atoms with van der Waals surface area (Å²) in [6.07, 6.45) is 2.64. The number of hydrazine groups is 1. The molecule has 1 aromatic heterocycles. The normalized spacial score (nSPS) is 12.9. The van der Waals surface area contributed by atoms with Crippen molar-refractivity contribution in [2.45, 2.75) is 19.4 Å². The van der Waals surface area contributed by atoms with Crippen molar-refractivity contribution in [3.05, 3.63) is 28.5 Å². The molecule has 4 heteroatoms. The number of rotatable bonds is 3. The van der Waals surface area contributed by atoms with Gasteiger partial charge in [0.15, 0.2) is 0 Å². The first-order valence-electron chi connectivity index (χ1n) is 3.79. The minimum absolute atomic E-state index is 0.263. The monoisotopic (exact) mass is 229 g/mol. The van der Waals surface area contributed by atoms with Crippen LogP contribution in [-0.4, -0.2) is 11.0 Å². The molecular formula is C8H12BrN3. The van der Waals surface area contributed by atoms with Gasteiger partial charge < -0.3 is 0 Å². The number of aromatic nitrogens is 1. The summed E-state index contributed by atoms with van der Waals surface area (Å²) in [5.41, 5.74) is 3.72. The number of nitrogens with zero attached hydrogens (tertiary/aromatic N) is 1. The van der Waals surface area contributed by atoms with E-state index in [1.165, 1.54) is 0 Å². The van der Waals surface area contributed by atoms with Crippen LogP contribution in [0.3, 0.4) is 0 Å². The van der Waals surface area contributed by atoms with Gasteiger partial charge >= 0.3 is 0 Å². The minimum atomic E-state index is 0.263. The topological polar surface area (TPSA) is 50.9 Å². The van der Waals surface area contributed by atoms with Crippen molar-refractivity contribution in [3.8, 4) is 0 Å². The maximum absolute atomic E-state index is 5.26. The molecule has 0 radical (unpaired) electrons. The van der Waals surface area contributed by atoms with Gasteiger partial charge in [0.05, 0.1) is 0 Å². The van der Waals surface area contributed by atoms with Crippen molar-refractivity contribution in [3.63, 3.8) is 0 Å². The fraction of sp³-hybridized carbons (Fsp3) is 0.375. The molecule has 1 rings (SSSR count). The van der Waals surface area contributed by atoms with Gasteiger partial charge in [-0.25, -0.2) is 0 Å². The first-order chi connectivity index (χ1) is 5.72. The molecule has 12 heavy (non-hydrogen) atoms. The Kier molecular flexibility index (Phi) is 3.65. The smallest absolute Gasteiger partial charge is 0.0420 e. The molecule has 0 saturated carbocycles. The zero-order valence-corrected chi connectivity index (χ0v) is 8.51. The SMILES string of the molecule is CC(Cc1ccc(Br)cn1)NN. The summed E-state index contributed by atoms with van der Waals surface area (Å²) >= 11 is 3.33. The van der Waals surface area contributed by atoms with E-state index in [-0.39, 0.29) is 6.04 Å². The van der Waals surface area contributed by atoms with Gasteiger partial charge in [0.25, 0.3) is 0 Å². The molecule has 3 N–H and O–H groups in total. The Labute approximate surface area is 80.5 Å². The predicted octanol–water partition coefficient (Wildman–Crippen LogP) is 1.24. The average molecular weight is 230 g/mol. The minimum Gasteiger partial charge on any atom is -0.271 e. The number of halogens is 1. The van der Waals surface area contributed by atoms with Gasteiger partial charge in [-0.15, -0.1) is 0 Å². The van der Waals surface area contributed by atoms with Crippen molar-refractivity contribution >= 4 is 15.9 Å². The molecule has 66 valence electrons. The summed E-state index contributed by atoms with van der Waals surface area (Å²) in [4.78, 5) is 4.22. The van der Waals surface area contributed by atoms with Gasteiger partial charge in [0.2, 0.25) is 0 Å². The van der Waals surface area contributed by atoms with Crippen LogP contribution in [0.1, 0.15) is 12.6 Å². The standard InChI is InChI=1S/C8H12BrN3/c1-6(12-10)4-8-3-2-7(9)5-11-8/h2-3,5-6,12H,4,10H2,1H3. The van der Waals surface area contributed by atoms with Crippen LogP contribution in [0, 0.1) is 0 Å². The largest absolute Gasteiger partial charge is 0.271 e. The molecule has 0 saturated heterocycles. The first-order valence-corrected chi connectivity index (χ1v) is 4.58. The highest BCUT2D eigenvalue weighted by Gasteiger charge is 2.00. The van der Waals surface area contributed by atoms with E-state index in [0.717, 1.165) is 16.6 Å². The summed E-state index contributed by atoms with van der Waals surface area (Å²) in [5, 5.41) is 0. The first kappa shape index (κ1) is 9.64. The van der Waals surface area contributed by atoms with Crippen LogP contribution >= 0.6 is 15.9 Å². The molecule has 0 aliphatic rings. The van der Waals surface area contributed by atoms with Crippen molar-refractivity contribution in [1.29, 1.82) is 0 Å². The highest BCUT2D eigenvalue weighted by Crippen LogP contribution is 2.08. The second kappa shape index (κ2) is 4.54.